The molecule has 0 amide bonds. The molecule has 0 bridgehead atoms. The lowest BCUT2D eigenvalue weighted by Crippen LogP contribution is -2.27. The van der Waals surface area contributed by atoms with E-state index >= 15 is 0 Å². The van der Waals surface area contributed by atoms with Crippen molar-refractivity contribution in [3.63, 3.8) is 0 Å². The third kappa shape index (κ3) is 2.69. The SMILES string of the molecule is CCC(CC)(C1=CC([Si](C)(C)C)C=C1)c1ccccc1. The summed E-state index contributed by atoms with van der Waals surface area (Å²) in [7, 11) is -1.13. The Morgan fingerprint density at radius 1 is 1.00 bits per heavy atom. The lowest BCUT2D eigenvalue weighted by atomic mass is 9.70. The topological polar surface area (TPSA) is 0 Å². The van der Waals surface area contributed by atoms with Gasteiger partial charge in [0.25, 0.3) is 0 Å². The van der Waals surface area contributed by atoms with Gasteiger partial charge in [0.2, 0.25) is 0 Å². The van der Waals surface area contributed by atoms with Crippen LogP contribution in [-0.4, -0.2) is 8.07 Å². The van der Waals surface area contributed by atoms with Crippen molar-refractivity contribution in [2.24, 2.45) is 0 Å². The smallest absolute Gasteiger partial charge is 0.0558 e. The van der Waals surface area contributed by atoms with Crippen LogP contribution in [0.2, 0.25) is 25.2 Å². The van der Waals surface area contributed by atoms with Gasteiger partial charge >= 0.3 is 0 Å². The molecule has 1 unspecified atom stereocenters. The molecule has 0 radical (unpaired) electrons. The summed E-state index contributed by atoms with van der Waals surface area (Å²) in [5.41, 5.74) is 3.91. The van der Waals surface area contributed by atoms with Gasteiger partial charge in [-0.05, 0) is 29.5 Å². The van der Waals surface area contributed by atoms with E-state index < -0.39 is 8.07 Å². The predicted octanol–water partition coefficient (Wildman–Crippen LogP) is 5.95. The van der Waals surface area contributed by atoms with Gasteiger partial charge in [-0.15, -0.1) is 0 Å². The van der Waals surface area contributed by atoms with E-state index in [-0.39, 0.29) is 5.41 Å². The van der Waals surface area contributed by atoms with Crippen LogP contribution in [0.15, 0.2) is 54.1 Å². The van der Waals surface area contributed by atoms with Crippen molar-refractivity contribution < 1.29 is 0 Å². The van der Waals surface area contributed by atoms with Crippen molar-refractivity contribution in [3.8, 4) is 0 Å². The number of rotatable bonds is 5. The summed E-state index contributed by atoms with van der Waals surface area (Å²) in [6, 6.07) is 11.0. The highest BCUT2D eigenvalue weighted by Gasteiger charge is 2.35. The second-order valence-electron chi connectivity index (χ2n) is 7.03. The minimum Gasteiger partial charge on any atom is -0.0800 e. The molecule has 0 aromatic heterocycles. The number of hydrogen-bond acceptors (Lipinski definition) is 0. The van der Waals surface area contributed by atoms with Gasteiger partial charge in [-0.1, -0.05) is 82.0 Å². The summed E-state index contributed by atoms with van der Waals surface area (Å²) in [5, 5.41) is 0. The van der Waals surface area contributed by atoms with Crippen LogP contribution in [0.3, 0.4) is 0 Å². The van der Waals surface area contributed by atoms with Gasteiger partial charge in [-0.2, -0.15) is 0 Å². The van der Waals surface area contributed by atoms with E-state index in [1.807, 2.05) is 0 Å². The highest BCUT2D eigenvalue weighted by Crippen LogP contribution is 2.44. The van der Waals surface area contributed by atoms with E-state index in [9.17, 15) is 0 Å². The Hall–Kier alpha value is -1.08. The second kappa shape index (κ2) is 5.73. The molecule has 0 nitrogen and oxygen atoms in total. The first-order valence-electron chi connectivity index (χ1n) is 7.90. The van der Waals surface area contributed by atoms with Gasteiger partial charge in [0.05, 0.1) is 8.07 Å². The summed E-state index contributed by atoms with van der Waals surface area (Å²) in [4.78, 5) is 0. The largest absolute Gasteiger partial charge is 0.0800 e. The van der Waals surface area contributed by atoms with Gasteiger partial charge in [-0.25, -0.2) is 0 Å². The maximum Gasteiger partial charge on any atom is 0.0558 e. The fourth-order valence-corrected chi connectivity index (χ4v) is 4.71. The van der Waals surface area contributed by atoms with E-state index in [0.29, 0.717) is 5.54 Å². The molecule has 1 atom stereocenters. The Balaban J connectivity index is 2.44. The van der Waals surface area contributed by atoms with Crippen molar-refractivity contribution in [2.45, 2.75) is 57.3 Å². The molecule has 1 aliphatic rings. The Kier molecular flexibility index (Phi) is 4.39. The first-order valence-corrected chi connectivity index (χ1v) is 11.5. The van der Waals surface area contributed by atoms with Crippen LogP contribution in [0.1, 0.15) is 32.3 Å². The zero-order valence-corrected chi connectivity index (χ0v) is 14.6. The van der Waals surface area contributed by atoms with E-state index in [4.69, 9.17) is 0 Å². The average Bonchev–Trinajstić information content (AvgIpc) is 2.92. The van der Waals surface area contributed by atoms with Crippen molar-refractivity contribution in [2.75, 3.05) is 0 Å². The van der Waals surface area contributed by atoms with Crippen LogP contribution in [0.4, 0.5) is 0 Å². The van der Waals surface area contributed by atoms with E-state index in [2.05, 4.69) is 82.0 Å². The standard InChI is InChI=1S/C19H28Si/c1-6-19(7-2,16-11-9-8-10-12-16)17-13-14-18(15-17)20(3,4)5/h8-15,18H,6-7H2,1-5H3. The molecule has 108 valence electrons. The number of benzene rings is 1. The Morgan fingerprint density at radius 2 is 1.60 bits per heavy atom. The Labute approximate surface area is 125 Å². The molecule has 0 N–H and O–H groups in total. The molecule has 1 aliphatic carbocycles. The lowest BCUT2D eigenvalue weighted by Gasteiger charge is -2.34. The number of hydrogen-bond donors (Lipinski definition) is 0. The number of allylic oxidation sites excluding steroid dienone is 4. The zero-order valence-electron chi connectivity index (χ0n) is 13.6. The molecular weight excluding hydrogens is 256 g/mol. The summed E-state index contributed by atoms with van der Waals surface area (Å²) in [6.45, 7) is 12.0. The van der Waals surface area contributed by atoms with Crippen molar-refractivity contribution in [1.29, 1.82) is 0 Å². The molecule has 0 heterocycles. The molecule has 1 aromatic carbocycles. The molecule has 0 aliphatic heterocycles. The van der Waals surface area contributed by atoms with Crippen LogP contribution >= 0.6 is 0 Å². The first kappa shape index (κ1) is 15.3. The molecule has 0 fully saturated rings. The van der Waals surface area contributed by atoms with Crippen molar-refractivity contribution in [1.82, 2.24) is 0 Å². The molecule has 0 spiro atoms. The maximum absolute atomic E-state index is 2.56. The normalized spacial score (nSPS) is 19.2. The van der Waals surface area contributed by atoms with E-state index in [1.165, 1.54) is 18.4 Å². The fourth-order valence-electron chi connectivity index (χ4n) is 3.36. The molecular formula is C19H28Si. The highest BCUT2D eigenvalue weighted by molar-refractivity contribution is 6.78. The molecule has 0 saturated carbocycles. The molecule has 2 rings (SSSR count). The summed E-state index contributed by atoms with van der Waals surface area (Å²) in [6.07, 6.45) is 9.75. The quantitative estimate of drug-likeness (QED) is 0.586. The van der Waals surface area contributed by atoms with Crippen LogP contribution in [0.5, 0.6) is 0 Å². The van der Waals surface area contributed by atoms with Gasteiger partial charge in [-0.3, -0.25) is 0 Å². The third-order valence-electron chi connectivity index (χ3n) is 4.93. The molecule has 1 aromatic rings. The van der Waals surface area contributed by atoms with Crippen LogP contribution in [0.25, 0.3) is 0 Å². The van der Waals surface area contributed by atoms with Crippen molar-refractivity contribution >= 4 is 8.07 Å². The second-order valence-corrected chi connectivity index (χ2v) is 12.4. The fraction of sp³-hybridized carbons (Fsp3) is 0.474. The molecule has 20 heavy (non-hydrogen) atoms. The van der Waals surface area contributed by atoms with Gasteiger partial charge in [0.15, 0.2) is 0 Å². The Bertz CT molecular complexity index is 498. The van der Waals surface area contributed by atoms with Crippen LogP contribution < -0.4 is 0 Å². The predicted molar refractivity (Wildman–Crippen MR) is 93.0 cm³/mol. The summed E-state index contributed by atoms with van der Waals surface area (Å²) in [5.74, 6) is 0. The molecule has 0 saturated heterocycles. The Morgan fingerprint density at radius 3 is 2.05 bits per heavy atom. The van der Waals surface area contributed by atoms with Crippen molar-refractivity contribution in [3.05, 3.63) is 59.7 Å². The summed E-state index contributed by atoms with van der Waals surface area (Å²) >= 11 is 0. The molecule has 1 heteroatoms. The minimum absolute atomic E-state index is 0.201. The lowest BCUT2D eigenvalue weighted by molar-refractivity contribution is 0.477. The third-order valence-corrected chi connectivity index (χ3v) is 7.29. The van der Waals surface area contributed by atoms with Gasteiger partial charge < -0.3 is 0 Å². The monoisotopic (exact) mass is 284 g/mol. The van der Waals surface area contributed by atoms with Crippen LogP contribution in [0, 0.1) is 0 Å². The van der Waals surface area contributed by atoms with Gasteiger partial charge in [0.1, 0.15) is 0 Å². The van der Waals surface area contributed by atoms with Crippen LogP contribution in [-0.2, 0) is 5.41 Å². The maximum atomic E-state index is 2.56. The summed E-state index contributed by atoms with van der Waals surface area (Å²) < 4.78 is 0. The zero-order chi connectivity index (χ0) is 14.8. The minimum atomic E-state index is -1.13. The highest BCUT2D eigenvalue weighted by atomic mass is 28.3. The first-order chi connectivity index (χ1) is 9.44. The van der Waals surface area contributed by atoms with E-state index in [1.54, 1.807) is 5.57 Å². The van der Waals surface area contributed by atoms with E-state index in [0.717, 1.165) is 0 Å². The van der Waals surface area contributed by atoms with Gasteiger partial charge in [0, 0.05) is 5.41 Å². The average molecular weight is 285 g/mol.